The van der Waals surface area contributed by atoms with Crippen molar-refractivity contribution in [2.24, 2.45) is 5.92 Å². The second-order valence-electron chi connectivity index (χ2n) is 9.12. The van der Waals surface area contributed by atoms with Gasteiger partial charge in [-0.1, -0.05) is 65.0 Å². The van der Waals surface area contributed by atoms with E-state index in [0.717, 1.165) is 28.7 Å². The molecule has 1 aromatic heterocycles. The van der Waals surface area contributed by atoms with E-state index in [0.29, 0.717) is 26.3 Å². The molecule has 0 spiro atoms. The third kappa shape index (κ3) is 4.58. The van der Waals surface area contributed by atoms with Crippen molar-refractivity contribution in [3.05, 3.63) is 110 Å². The van der Waals surface area contributed by atoms with Gasteiger partial charge in [0.1, 0.15) is 17.6 Å². The zero-order chi connectivity index (χ0) is 27.3. The second-order valence-corrected chi connectivity index (χ2v) is 11.7. The van der Waals surface area contributed by atoms with Gasteiger partial charge in [0.05, 0.1) is 16.6 Å². The summed E-state index contributed by atoms with van der Waals surface area (Å²) in [5, 5.41) is 2.86. The molecule has 1 saturated heterocycles. The van der Waals surface area contributed by atoms with Crippen molar-refractivity contribution in [3.8, 4) is 0 Å². The Balaban J connectivity index is 1.39. The molecule has 3 aromatic carbocycles. The number of aromatic nitrogens is 1. The van der Waals surface area contributed by atoms with Gasteiger partial charge in [0.25, 0.3) is 0 Å². The molecule has 0 aliphatic carbocycles. The fourth-order valence-electron chi connectivity index (χ4n) is 5.00. The standard InChI is InChI=1S/C28H19ClFN3O4S2/c29-16-6-12-19(13-7-16)33-25(35)22-21(15-4-2-1-3-5-15)24-27(38-23(22)26(33)36)32(28(37)39-24)14-20(34)31-18-10-8-17(30)9-11-18/h1-13,21-23H,14H2,(H,31,34). The summed E-state index contributed by atoms with van der Waals surface area (Å²) in [6.07, 6.45) is 0. The molecule has 7 nitrogen and oxygen atoms in total. The number of halogens is 2. The maximum atomic E-state index is 13.8. The fourth-order valence-corrected chi connectivity index (χ4v) is 7.90. The first-order valence-electron chi connectivity index (χ1n) is 12.0. The van der Waals surface area contributed by atoms with Gasteiger partial charge in [0, 0.05) is 21.5 Å². The highest BCUT2D eigenvalue weighted by Crippen LogP contribution is 2.53. The predicted octanol–water partition coefficient (Wildman–Crippen LogP) is 5.14. The molecule has 196 valence electrons. The summed E-state index contributed by atoms with van der Waals surface area (Å²) in [7, 11) is 0. The Morgan fingerprint density at radius 1 is 0.923 bits per heavy atom. The molecule has 6 rings (SSSR count). The molecule has 3 amide bonds. The number of thioether (sulfide) groups is 1. The minimum absolute atomic E-state index is 0.295. The van der Waals surface area contributed by atoms with Crippen LogP contribution < -0.4 is 15.1 Å². The van der Waals surface area contributed by atoms with Crippen LogP contribution >= 0.6 is 34.7 Å². The fraction of sp³-hybridized carbons (Fsp3) is 0.143. The van der Waals surface area contributed by atoms with Crippen LogP contribution in [0.4, 0.5) is 15.8 Å². The van der Waals surface area contributed by atoms with Crippen LogP contribution in [0.5, 0.6) is 0 Å². The molecule has 1 fully saturated rings. The number of carbonyl (C=O) groups is 3. The summed E-state index contributed by atoms with van der Waals surface area (Å²) in [6, 6.07) is 21.1. The number of carbonyl (C=O) groups excluding carboxylic acids is 3. The zero-order valence-electron chi connectivity index (χ0n) is 20.0. The van der Waals surface area contributed by atoms with Crippen molar-refractivity contribution in [2.45, 2.75) is 22.7 Å². The first-order valence-corrected chi connectivity index (χ1v) is 14.0. The lowest BCUT2D eigenvalue weighted by Gasteiger charge is -2.30. The number of amides is 3. The van der Waals surface area contributed by atoms with Crippen LogP contribution in [-0.4, -0.2) is 27.5 Å². The van der Waals surface area contributed by atoms with Gasteiger partial charge >= 0.3 is 4.87 Å². The van der Waals surface area contributed by atoms with Crippen molar-refractivity contribution in [3.63, 3.8) is 0 Å². The lowest BCUT2D eigenvalue weighted by molar-refractivity contribution is -0.122. The molecule has 0 radical (unpaired) electrons. The third-order valence-electron chi connectivity index (χ3n) is 6.72. The van der Waals surface area contributed by atoms with Gasteiger partial charge in [-0.2, -0.15) is 0 Å². The largest absolute Gasteiger partial charge is 0.325 e. The predicted molar refractivity (Wildman–Crippen MR) is 149 cm³/mol. The lowest BCUT2D eigenvalue weighted by Crippen LogP contribution is -2.33. The van der Waals surface area contributed by atoms with Gasteiger partial charge in [0.15, 0.2) is 0 Å². The maximum absolute atomic E-state index is 13.8. The van der Waals surface area contributed by atoms with Crippen molar-refractivity contribution in [2.75, 3.05) is 10.2 Å². The smallest absolute Gasteiger partial charge is 0.308 e. The highest BCUT2D eigenvalue weighted by Gasteiger charge is 2.56. The van der Waals surface area contributed by atoms with Gasteiger partial charge in [-0.05, 0) is 54.1 Å². The van der Waals surface area contributed by atoms with Crippen LogP contribution in [-0.2, 0) is 20.9 Å². The molecule has 2 aliphatic heterocycles. The zero-order valence-corrected chi connectivity index (χ0v) is 22.4. The number of rotatable bonds is 5. The Morgan fingerprint density at radius 2 is 1.62 bits per heavy atom. The van der Waals surface area contributed by atoms with Crippen molar-refractivity contribution >= 4 is 63.8 Å². The monoisotopic (exact) mass is 579 g/mol. The van der Waals surface area contributed by atoms with Gasteiger partial charge in [-0.25, -0.2) is 9.29 Å². The Morgan fingerprint density at radius 3 is 2.31 bits per heavy atom. The van der Waals surface area contributed by atoms with Crippen molar-refractivity contribution in [1.82, 2.24) is 4.57 Å². The number of fused-ring (bicyclic) bond motifs is 2. The number of anilines is 2. The van der Waals surface area contributed by atoms with Crippen LogP contribution in [0, 0.1) is 11.7 Å². The van der Waals surface area contributed by atoms with E-state index in [9.17, 15) is 23.6 Å². The molecule has 0 bridgehead atoms. The molecule has 0 saturated carbocycles. The summed E-state index contributed by atoms with van der Waals surface area (Å²) < 4.78 is 14.6. The molecular formula is C28H19ClFN3O4S2. The van der Waals surface area contributed by atoms with E-state index in [1.165, 1.54) is 33.7 Å². The quantitative estimate of drug-likeness (QED) is 0.331. The molecule has 11 heteroatoms. The van der Waals surface area contributed by atoms with Crippen molar-refractivity contribution in [1.29, 1.82) is 0 Å². The van der Waals surface area contributed by atoms with Crippen LogP contribution in [0.25, 0.3) is 0 Å². The Labute approximate surface area is 235 Å². The van der Waals surface area contributed by atoms with Gasteiger partial charge in [-0.3, -0.25) is 23.7 Å². The van der Waals surface area contributed by atoms with Crippen LogP contribution in [0.15, 0.2) is 88.7 Å². The molecular weight excluding hydrogens is 561 g/mol. The highest BCUT2D eigenvalue weighted by molar-refractivity contribution is 8.00. The summed E-state index contributed by atoms with van der Waals surface area (Å²) in [5.74, 6) is -2.91. The van der Waals surface area contributed by atoms with Crippen LogP contribution in [0.1, 0.15) is 16.4 Å². The number of hydrogen-bond acceptors (Lipinski definition) is 6. The number of imide groups is 1. The number of nitrogens with zero attached hydrogens (tertiary/aromatic N) is 2. The average molecular weight is 580 g/mol. The Kier molecular flexibility index (Phi) is 6.62. The summed E-state index contributed by atoms with van der Waals surface area (Å²) in [5.41, 5.74) is 1.62. The first kappa shape index (κ1) is 25.5. The summed E-state index contributed by atoms with van der Waals surface area (Å²) in [6.45, 7) is -0.295. The lowest BCUT2D eigenvalue weighted by atomic mass is 9.83. The van der Waals surface area contributed by atoms with Gasteiger partial charge in [-0.15, -0.1) is 0 Å². The van der Waals surface area contributed by atoms with E-state index >= 15 is 0 Å². The summed E-state index contributed by atoms with van der Waals surface area (Å²) >= 11 is 8.14. The summed E-state index contributed by atoms with van der Waals surface area (Å²) in [4.78, 5) is 55.0. The maximum Gasteiger partial charge on any atom is 0.308 e. The van der Waals surface area contributed by atoms with E-state index in [2.05, 4.69) is 5.32 Å². The van der Waals surface area contributed by atoms with E-state index in [-0.39, 0.29) is 23.2 Å². The minimum Gasteiger partial charge on any atom is -0.325 e. The molecule has 2 aliphatic rings. The molecule has 39 heavy (non-hydrogen) atoms. The van der Waals surface area contributed by atoms with E-state index in [4.69, 9.17) is 11.6 Å². The molecule has 4 aromatic rings. The normalized spacial score (nSPS) is 20.1. The van der Waals surface area contributed by atoms with E-state index in [1.807, 2.05) is 30.3 Å². The van der Waals surface area contributed by atoms with Crippen molar-refractivity contribution < 1.29 is 18.8 Å². The topological polar surface area (TPSA) is 88.5 Å². The second kappa shape index (κ2) is 10.1. The average Bonchev–Trinajstić information content (AvgIpc) is 3.37. The number of thiazole rings is 1. The third-order valence-corrected chi connectivity index (χ3v) is 9.58. The molecule has 1 N–H and O–H groups in total. The van der Waals surface area contributed by atoms with Gasteiger partial charge in [0.2, 0.25) is 17.7 Å². The van der Waals surface area contributed by atoms with Gasteiger partial charge < -0.3 is 5.32 Å². The van der Waals surface area contributed by atoms with Crippen LogP contribution in [0.2, 0.25) is 5.02 Å². The van der Waals surface area contributed by atoms with E-state index < -0.39 is 28.8 Å². The molecule has 3 atom stereocenters. The van der Waals surface area contributed by atoms with Crippen LogP contribution in [0.3, 0.4) is 0 Å². The Hall–Kier alpha value is -3.73. The minimum atomic E-state index is -0.786. The Bertz CT molecular complexity index is 1660. The van der Waals surface area contributed by atoms with E-state index in [1.54, 1.807) is 24.3 Å². The number of benzene rings is 3. The first-order chi connectivity index (χ1) is 18.8. The SMILES string of the molecule is O=C(Cn1c2c(sc1=O)C(c1ccccc1)C1C(=O)N(c3ccc(Cl)cc3)C(=O)C1S2)Nc1ccc(F)cc1. The molecule has 3 heterocycles. The number of nitrogens with one attached hydrogen (secondary N) is 1. The number of hydrogen-bond donors (Lipinski definition) is 1. The molecule has 3 unspecified atom stereocenters. The highest BCUT2D eigenvalue weighted by atomic mass is 35.5.